The molecule has 2 aliphatic heterocycles. The molecule has 1 saturated heterocycles. The Morgan fingerprint density at radius 1 is 1.29 bits per heavy atom. The average molecular weight is 191 g/mol. The molecule has 0 radical (unpaired) electrons. The van der Waals surface area contributed by atoms with Gasteiger partial charge in [0.05, 0.1) is 19.9 Å². The number of rotatable bonds is 0. The molecule has 74 valence electrons. The van der Waals surface area contributed by atoms with E-state index in [4.69, 9.17) is 9.47 Å². The highest BCUT2D eigenvalue weighted by molar-refractivity contribution is 5.34. The van der Waals surface area contributed by atoms with Crippen LogP contribution >= 0.6 is 0 Å². The standard InChI is InChI=1S/C11H13NO2/c1-2-4-10-9(3-1)5-13-7-11(10)6-12-8-14-11/h1-4,12H,5-8H2. The SMILES string of the molecule is c1ccc2c(c1)COCC21CNCO1. The Labute approximate surface area is 83.0 Å². The maximum absolute atomic E-state index is 5.77. The van der Waals surface area contributed by atoms with Gasteiger partial charge in [-0.1, -0.05) is 24.3 Å². The van der Waals surface area contributed by atoms with E-state index in [1.54, 1.807) is 0 Å². The first-order valence-corrected chi connectivity index (χ1v) is 4.92. The van der Waals surface area contributed by atoms with E-state index in [9.17, 15) is 0 Å². The zero-order valence-electron chi connectivity index (χ0n) is 7.95. The van der Waals surface area contributed by atoms with E-state index < -0.39 is 0 Å². The van der Waals surface area contributed by atoms with Crippen molar-refractivity contribution in [2.45, 2.75) is 12.2 Å². The van der Waals surface area contributed by atoms with Crippen molar-refractivity contribution in [3.05, 3.63) is 35.4 Å². The number of hydrogen-bond donors (Lipinski definition) is 1. The molecular formula is C11H13NO2. The fourth-order valence-corrected chi connectivity index (χ4v) is 2.25. The Bertz CT molecular complexity index is 345. The Morgan fingerprint density at radius 3 is 3.07 bits per heavy atom. The minimum Gasteiger partial charge on any atom is -0.373 e. The summed E-state index contributed by atoms with van der Waals surface area (Å²) in [4.78, 5) is 0. The zero-order chi connectivity index (χ0) is 9.43. The van der Waals surface area contributed by atoms with Crippen molar-refractivity contribution < 1.29 is 9.47 Å². The molecule has 3 nitrogen and oxygen atoms in total. The van der Waals surface area contributed by atoms with Gasteiger partial charge in [-0.25, -0.2) is 0 Å². The summed E-state index contributed by atoms with van der Waals surface area (Å²) in [5.41, 5.74) is 2.31. The van der Waals surface area contributed by atoms with Crippen LogP contribution in [0.25, 0.3) is 0 Å². The third kappa shape index (κ3) is 1.10. The van der Waals surface area contributed by atoms with E-state index in [1.807, 2.05) is 6.07 Å². The van der Waals surface area contributed by atoms with Crippen molar-refractivity contribution in [1.29, 1.82) is 0 Å². The van der Waals surface area contributed by atoms with Crippen LogP contribution in [0.5, 0.6) is 0 Å². The van der Waals surface area contributed by atoms with E-state index in [-0.39, 0.29) is 5.60 Å². The molecule has 1 atom stereocenters. The molecular weight excluding hydrogens is 178 g/mol. The van der Waals surface area contributed by atoms with Crippen LogP contribution in [0.15, 0.2) is 24.3 Å². The van der Waals surface area contributed by atoms with E-state index in [0.29, 0.717) is 19.9 Å². The molecule has 2 heterocycles. The maximum Gasteiger partial charge on any atom is 0.131 e. The summed E-state index contributed by atoms with van der Waals surface area (Å²) in [6.45, 7) is 2.85. The quantitative estimate of drug-likeness (QED) is 0.663. The largest absolute Gasteiger partial charge is 0.373 e. The molecule has 3 rings (SSSR count). The number of ether oxygens (including phenoxy) is 2. The Balaban J connectivity index is 2.10. The summed E-state index contributed by atoms with van der Waals surface area (Å²) < 4.78 is 11.3. The predicted molar refractivity (Wildman–Crippen MR) is 51.7 cm³/mol. The average Bonchev–Trinajstić information content (AvgIpc) is 2.68. The van der Waals surface area contributed by atoms with Crippen LogP contribution in [0.4, 0.5) is 0 Å². The molecule has 0 aromatic heterocycles. The van der Waals surface area contributed by atoms with Crippen LogP contribution < -0.4 is 5.32 Å². The minimum atomic E-state index is -0.227. The summed E-state index contributed by atoms with van der Waals surface area (Å²) in [5.74, 6) is 0. The van der Waals surface area contributed by atoms with Crippen molar-refractivity contribution >= 4 is 0 Å². The Kier molecular flexibility index (Phi) is 1.83. The van der Waals surface area contributed by atoms with Gasteiger partial charge in [0.2, 0.25) is 0 Å². The predicted octanol–water partition coefficient (Wildman–Crippen LogP) is 0.989. The molecule has 1 N–H and O–H groups in total. The van der Waals surface area contributed by atoms with Gasteiger partial charge in [0.25, 0.3) is 0 Å². The molecule has 3 heteroatoms. The lowest BCUT2D eigenvalue weighted by Gasteiger charge is -2.33. The van der Waals surface area contributed by atoms with Crippen molar-refractivity contribution in [2.75, 3.05) is 19.9 Å². The number of nitrogens with one attached hydrogen (secondary N) is 1. The fourth-order valence-electron chi connectivity index (χ4n) is 2.25. The van der Waals surface area contributed by atoms with Crippen LogP contribution in [0.1, 0.15) is 11.1 Å². The minimum absolute atomic E-state index is 0.227. The lowest BCUT2D eigenvalue weighted by Crippen LogP contribution is -2.39. The highest BCUT2D eigenvalue weighted by atomic mass is 16.6. The maximum atomic E-state index is 5.77. The first-order valence-electron chi connectivity index (χ1n) is 4.92. The summed E-state index contributed by atoms with van der Waals surface area (Å²) in [5, 5.41) is 3.22. The summed E-state index contributed by atoms with van der Waals surface area (Å²) in [6, 6.07) is 8.36. The molecule has 0 amide bonds. The van der Waals surface area contributed by atoms with Gasteiger partial charge < -0.3 is 9.47 Å². The van der Waals surface area contributed by atoms with E-state index in [2.05, 4.69) is 23.5 Å². The second-order valence-electron chi connectivity index (χ2n) is 3.86. The molecule has 1 aromatic carbocycles. The molecule has 14 heavy (non-hydrogen) atoms. The molecule has 0 bridgehead atoms. The number of benzene rings is 1. The van der Waals surface area contributed by atoms with Gasteiger partial charge in [-0.15, -0.1) is 0 Å². The van der Waals surface area contributed by atoms with E-state index in [0.717, 1.165) is 6.54 Å². The van der Waals surface area contributed by atoms with Gasteiger partial charge in [-0.3, -0.25) is 5.32 Å². The normalized spacial score (nSPS) is 30.6. The molecule has 0 saturated carbocycles. The highest BCUT2D eigenvalue weighted by Gasteiger charge is 2.41. The van der Waals surface area contributed by atoms with Crippen molar-refractivity contribution in [3.63, 3.8) is 0 Å². The molecule has 2 aliphatic rings. The second kappa shape index (κ2) is 3.05. The van der Waals surface area contributed by atoms with Gasteiger partial charge in [0.1, 0.15) is 5.60 Å². The Morgan fingerprint density at radius 2 is 2.21 bits per heavy atom. The van der Waals surface area contributed by atoms with Crippen molar-refractivity contribution in [2.24, 2.45) is 0 Å². The highest BCUT2D eigenvalue weighted by Crippen LogP contribution is 2.34. The smallest absolute Gasteiger partial charge is 0.131 e. The van der Waals surface area contributed by atoms with Crippen LogP contribution in [0.2, 0.25) is 0 Å². The van der Waals surface area contributed by atoms with E-state index >= 15 is 0 Å². The van der Waals surface area contributed by atoms with Crippen LogP contribution in [0.3, 0.4) is 0 Å². The van der Waals surface area contributed by atoms with Crippen LogP contribution in [0, 0.1) is 0 Å². The van der Waals surface area contributed by atoms with Gasteiger partial charge >= 0.3 is 0 Å². The van der Waals surface area contributed by atoms with Crippen molar-refractivity contribution in [3.8, 4) is 0 Å². The summed E-state index contributed by atoms with van der Waals surface area (Å²) in [7, 11) is 0. The van der Waals surface area contributed by atoms with Gasteiger partial charge in [-0.05, 0) is 11.1 Å². The number of fused-ring (bicyclic) bond motifs is 2. The lowest BCUT2D eigenvalue weighted by atomic mass is 9.89. The summed E-state index contributed by atoms with van der Waals surface area (Å²) in [6.07, 6.45) is 0. The summed E-state index contributed by atoms with van der Waals surface area (Å²) >= 11 is 0. The molecule has 1 spiro atoms. The molecule has 0 aliphatic carbocycles. The molecule has 1 fully saturated rings. The van der Waals surface area contributed by atoms with Crippen LogP contribution in [-0.2, 0) is 21.7 Å². The van der Waals surface area contributed by atoms with E-state index in [1.165, 1.54) is 11.1 Å². The Hall–Kier alpha value is -0.900. The van der Waals surface area contributed by atoms with Crippen molar-refractivity contribution in [1.82, 2.24) is 5.32 Å². The molecule has 1 unspecified atom stereocenters. The fraction of sp³-hybridized carbons (Fsp3) is 0.455. The zero-order valence-corrected chi connectivity index (χ0v) is 7.95. The van der Waals surface area contributed by atoms with Gasteiger partial charge in [-0.2, -0.15) is 0 Å². The third-order valence-corrected chi connectivity index (χ3v) is 2.96. The lowest BCUT2D eigenvalue weighted by molar-refractivity contribution is -0.0809. The van der Waals surface area contributed by atoms with Gasteiger partial charge in [0.15, 0.2) is 0 Å². The van der Waals surface area contributed by atoms with Crippen LogP contribution in [-0.4, -0.2) is 19.9 Å². The van der Waals surface area contributed by atoms with Gasteiger partial charge in [0, 0.05) is 6.54 Å². The monoisotopic (exact) mass is 191 g/mol. The second-order valence-corrected chi connectivity index (χ2v) is 3.86. The number of hydrogen-bond acceptors (Lipinski definition) is 3. The third-order valence-electron chi connectivity index (χ3n) is 2.96. The molecule has 1 aromatic rings. The first kappa shape index (κ1) is 8.41. The topological polar surface area (TPSA) is 30.5 Å². The first-order chi connectivity index (χ1) is 6.91.